The summed E-state index contributed by atoms with van der Waals surface area (Å²) >= 11 is 0. The minimum atomic E-state index is -0.129. The molecule has 0 aliphatic carbocycles. The van der Waals surface area contributed by atoms with Gasteiger partial charge in [-0.1, -0.05) is 5.16 Å². The fourth-order valence-corrected chi connectivity index (χ4v) is 4.24. The molecule has 4 rings (SSSR count). The van der Waals surface area contributed by atoms with Gasteiger partial charge >= 0.3 is 0 Å². The molecule has 2 aliphatic heterocycles. The molecule has 9 heteroatoms. The Balaban J connectivity index is 1.37. The highest BCUT2D eigenvalue weighted by Crippen LogP contribution is 2.32. The number of carbonyl (C=O) groups excluding carboxylic acids is 2. The van der Waals surface area contributed by atoms with Crippen LogP contribution >= 0.6 is 0 Å². The SMILES string of the molecule is Cc1nonc1C(=O)N1CC[C@@H]2[C@@H](CCC(=O)N2CCCn2ccnc2)C1. The molecule has 0 unspecified atom stereocenters. The van der Waals surface area contributed by atoms with Crippen molar-refractivity contribution < 1.29 is 14.2 Å². The topological polar surface area (TPSA) is 97.4 Å². The lowest BCUT2D eigenvalue weighted by Gasteiger charge is -2.47. The molecule has 9 nitrogen and oxygen atoms in total. The number of aryl methyl sites for hydroxylation is 2. The average Bonchev–Trinajstić information content (AvgIpc) is 3.34. The van der Waals surface area contributed by atoms with E-state index in [1.54, 1.807) is 19.4 Å². The third-order valence-electron chi connectivity index (χ3n) is 5.66. The van der Waals surface area contributed by atoms with E-state index in [9.17, 15) is 9.59 Å². The van der Waals surface area contributed by atoms with Crippen molar-refractivity contribution in [1.29, 1.82) is 0 Å². The molecule has 2 atom stereocenters. The Kier molecular flexibility index (Phi) is 4.91. The van der Waals surface area contributed by atoms with E-state index in [1.807, 2.05) is 20.6 Å². The summed E-state index contributed by atoms with van der Waals surface area (Å²) in [5.41, 5.74) is 0.805. The number of amides is 2. The van der Waals surface area contributed by atoms with Crippen molar-refractivity contribution in [3.05, 3.63) is 30.1 Å². The van der Waals surface area contributed by atoms with Crippen LogP contribution in [-0.2, 0) is 11.3 Å². The summed E-state index contributed by atoms with van der Waals surface area (Å²) in [6.07, 6.45) is 8.59. The van der Waals surface area contributed by atoms with Crippen LogP contribution < -0.4 is 0 Å². The standard InChI is InChI=1S/C18H24N6O3/c1-13-17(21-27-20-13)18(26)23-9-5-15-14(11-23)3-4-16(25)24(15)8-2-7-22-10-6-19-12-22/h6,10,12,14-15H,2-5,7-9,11H2,1H3/t14-,15+/m0/s1. The molecule has 4 heterocycles. The second-order valence-corrected chi connectivity index (χ2v) is 7.35. The molecule has 2 fully saturated rings. The van der Waals surface area contributed by atoms with Gasteiger partial charge in [0, 0.05) is 51.0 Å². The Bertz CT molecular complexity index is 802. The molecule has 27 heavy (non-hydrogen) atoms. The molecule has 0 saturated carbocycles. The summed E-state index contributed by atoms with van der Waals surface area (Å²) in [6.45, 7) is 4.60. The molecular formula is C18H24N6O3. The highest BCUT2D eigenvalue weighted by atomic mass is 16.6. The molecule has 2 aromatic heterocycles. The molecule has 0 spiro atoms. The maximum atomic E-state index is 12.7. The molecule has 0 bridgehead atoms. The first-order chi connectivity index (χ1) is 13.1. The van der Waals surface area contributed by atoms with Crippen LogP contribution in [0.1, 0.15) is 41.9 Å². The number of likely N-dealkylation sites (tertiary alicyclic amines) is 2. The molecule has 144 valence electrons. The lowest BCUT2D eigenvalue weighted by molar-refractivity contribution is -0.140. The van der Waals surface area contributed by atoms with E-state index in [-0.39, 0.29) is 23.6 Å². The number of hydrogen-bond donors (Lipinski definition) is 0. The van der Waals surface area contributed by atoms with Gasteiger partial charge < -0.3 is 14.4 Å². The molecular weight excluding hydrogens is 348 g/mol. The van der Waals surface area contributed by atoms with Crippen molar-refractivity contribution in [2.24, 2.45) is 5.92 Å². The largest absolute Gasteiger partial charge is 0.339 e. The van der Waals surface area contributed by atoms with Gasteiger partial charge in [0.2, 0.25) is 5.91 Å². The lowest BCUT2D eigenvalue weighted by atomic mass is 9.83. The van der Waals surface area contributed by atoms with E-state index < -0.39 is 0 Å². The number of hydrogen-bond acceptors (Lipinski definition) is 6. The Morgan fingerprint density at radius 1 is 1.30 bits per heavy atom. The number of imidazole rings is 1. The smallest absolute Gasteiger partial charge is 0.278 e. The molecule has 2 aromatic rings. The van der Waals surface area contributed by atoms with Crippen LogP contribution in [0.15, 0.2) is 23.4 Å². The maximum absolute atomic E-state index is 12.7. The van der Waals surface area contributed by atoms with Crippen molar-refractivity contribution in [2.75, 3.05) is 19.6 Å². The molecule has 0 radical (unpaired) electrons. The van der Waals surface area contributed by atoms with E-state index in [0.29, 0.717) is 31.1 Å². The van der Waals surface area contributed by atoms with Crippen molar-refractivity contribution in [2.45, 2.75) is 45.2 Å². The second-order valence-electron chi connectivity index (χ2n) is 7.35. The lowest BCUT2D eigenvalue weighted by Crippen LogP contribution is -2.57. The van der Waals surface area contributed by atoms with Crippen LogP contribution in [0, 0.1) is 12.8 Å². The highest BCUT2D eigenvalue weighted by Gasteiger charge is 2.40. The van der Waals surface area contributed by atoms with E-state index in [4.69, 9.17) is 0 Å². The summed E-state index contributed by atoms with van der Waals surface area (Å²) in [4.78, 5) is 33.1. The molecule has 2 saturated heterocycles. The zero-order chi connectivity index (χ0) is 18.8. The number of piperidine rings is 2. The summed E-state index contributed by atoms with van der Waals surface area (Å²) < 4.78 is 6.69. The van der Waals surface area contributed by atoms with Gasteiger partial charge in [-0.3, -0.25) is 9.59 Å². The molecule has 2 amide bonds. The number of nitrogens with zero attached hydrogens (tertiary/aromatic N) is 6. The van der Waals surface area contributed by atoms with Gasteiger partial charge in [0.1, 0.15) is 5.69 Å². The van der Waals surface area contributed by atoms with Crippen molar-refractivity contribution in [3.8, 4) is 0 Å². The van der Waals surface area contributed by atoms with Crippen LogP contribution in [0.5, 0.6) is 0 Å². The van der Waals surface area contributed by atoms with Gasteiger partial charge in [-0.2, -0.15) is 0 Å². The normalized spacial score (nSPS) is 22.8. The van der Waals surface area contributed by atoms with Crippen LogP contribution in [0.25, 0.3) is 0 Å². The molecule has 0 N–H and O–H groups in total. The number of aromatic nitrogens is 4. The fourth-order valence-electron chi connectivity index (χ4n) is 4.24. The van der Waals surface area contributed by atoms with E-state index in [1.165, 1.54) is 0 Å². The predicted octanol–water partition coefficient (Wildman–Crippen LogP) is 1.12. The minimum absolute atomic E-state index is 0.129. The first kappa shape index (κ1) is 17.7. The minimum Gasteiger partial charge on any atom is -0.339 e. The Morgan fingerprint density at radius 2 is 2.19 bits per heavy atom. The Hall–Kier alpha value is -2.71. The van der Waals surface area contributed by atoms with Gasteiger partial charge in [-0.25, -0.2) is 9.61 Å². The van der Waals surface area contributed by atoms with Gasteiger partial charge in [0.25, 0.3) is 5.91 Å². The summed E-state index contributed by atoms with van der Waals surface area (Å²) in [6, 6.07) is 0.217. The summed E-state index contributed by atoms with van der Waals surface area (Å²) in [7, 11) is 0. The monoisotopic (exact) mass is 372 g/mol. The number of fused-ring (bicyclic) bond motifs is 1. The van der Waals surface area contributed by atoms with Gasteiger partial charge in [-0.15, -0.1) is 0 Å². The van der Waals surface area contributed by atoms with E-state index in [2.05, 4.69) is 19.9 Å². The number of carbonyl (C=O) groups is 2. The van der Waals surface area contributed by atoms with E-state index >= 15 is 0 Å². The van der Waals surface area contributed by atoms with Crippen LogP contribution in [0.4, 0.5) is 0 Å². The van der Waals surface area contributed by atoms with Crippen molar-refractivity contribution in [1.82, 2.24) is 29.7 Å². The maximum Gasteiger partial charge on any atom is 0.278 e. The summed E-state index contributed by atoms with van der Waals surface area (Å²) in [5, 5.41) is 7.44. The third kappa shape index (κ3) is 3.58. The van der Waals surface area contributed by atoms with E-state index in [0.717, 1.165) is 32.4 Å². The quantitative estimate of drug-likeness (QED) is 0.780. The second kappa shape index (κ2) is 7.50. The van der Waals surface area contributed by atoms with Gasteiger partial charge in [0.15, 0.2) is 5.69 Å². The van der Waals surface area contributed by atoms with Crippen LogP contribution in [0.3, 0.4) is 0 Å². The van der Waals surface area contributed by atoms with Gasteiger partial charge in [0.05, 0.1) is 6.33 Å². The zero-order valence-electron chi connectivity index (χ0n) is 15.5. The predicted molar refractivity (Wildman–Crippen MR) is 94.6 cm³/mol. The summed E-state index contributed by atoms with van der Waals surface area (Å²) in [5.74, 6) is 0.419. The van der Waals surface area contributed by atoms with Crippen molar-refractivity contribution in [3.63, 3.8) is 0 Å². The Morgan fingerprint density at radius 3 is 2.93 bits per heavy atom. The molecule has 2 aliphatic rings. The molecule has 0 aromatic carbocycles. The van der Waals surface area contributed by atoms with Crippen molar-refractivity contribution >= 4 is 11.8 Å². The zero-order valence-corrected chi connectivity index (χ0v) is 15.5. The first-order valence-electron chi connectivity index (χ1n) is 9.47. The van der Waals surface area contributed by atoms with Crippen LogP contribution in [0.2, 0.25) is 0 Å². The Labute approximate surface area is 157 Å². The average molecular weight is 372 g/mol. The first-order valence-corrected chi connectivity index (χ1v) is 9.47. The fraction of sp³-hybridized carbons (Fsp3) is 0.611. The third-order valence-corrected chi connectivity index (χ3v) is 5.66. The van der Waals surface area contributed by atoms with Gasteiger partial charge in [-0.05, 0) is 37.3 Å². The highest BCUT2D eigenvalue weighted by molar-refractivity contribution is 5.93. The van der Waals surface area contributed by atoms with Crippen LogP contribution in [-0.4, -0.2) is 67.2 Å². The number of rotatable bonds is 5.